The van der Waals surface area contributed by atoms with Crippen LogP contribution in [0, 0.1) is 5.92 Å². The third kappa shape index (κ3) is 3.24. The maximum Gasteiger partial charge on any atom is 0.246 e. The lowest BCUT2D eigenvalue weighted by Crippen LogP contribution is -2.41. The Labute approximate surface area is 147 Å². The SMILES string of the molecule is O=C(C1CCN(c2ccccn2)CC1)N1N=CC[C@H]1c1cccnc1. The molecule has 2 aromatic rings. The highest BCUT2D eigenvalue weighted by molar-refractivity contribution is 5.82. The summed E-state index contributed by atoms with van der Waals surface area (Å²) in [4.78, 5) is 23.8. The maximum atomic E-state index is 13.0. The highest BCUT2D eigenvalue weighted by Gasteiger charge is 2.34. The van der Waals surface area contributed by atoms with Crippen LogP contribution in [0.1, 0.15) is 30.9 Å². The van der Waals surface area contributed by atoms with Gasteiger partial charge < -0.3 is 4.90 Å². The molecule has 4 heterocycles. The number of amides is 1. The van der Waals surface area contributed by atoms with E-state index in [0.717, 1.165) is 43.7 Å². The number of nitrogens with zero attached hydrogens (tertiary/aromatic N) is 5. The van der Waals surface area contributed by atoms with Crippen LogP contribution in [0.2, 0.25) is 0 Å². The molecule has 0 aliphatic carbocycles. The molecule has 0 saturated carbocycles. The van der Waals surface area contributed by atoms with Gasteiger partial charge in [-0.15, -0.1) is 0 Å². The van der Waals surface area contributed by atoms with Crippen LogP contribution in [0.15, 0.2) is 54.0 Å². The Morgan fingerprint density at radius 1 is 1.08 bits per heavy atom. The summed E-state index contributed by atoms with van der Waals surface area (Å²) < 4.78 is 0. The molecule has 1 amide bonds. The van der Waals surface area contributed by atoms with Crippen molar-refractivity contribution in [2.45, 2.75) is 25.3 Å². The molecule has 2 aliphatic rings. The van der Waals surface area contributed by atoms with Crippen molar-refractivity contribution in [1.29, 1.82) is 0 Å². The van der Waals surface area contributed by atoms with Gasteiger partial charge in [0.05, 0.1) is 6.04 Å². The Balaban J connectivity index is 1.41. The fraction of sp³-hybridized carbons (Fsp3) is 0.368. The number of carbonyl (C=O) groups is 1. The number of anilines is 1. The Kier molecular flexibility index (Phi) is 4.41. The largest absolute Gasteiger partial charge is 0.357 e. The molecule has 2 aromatic heterocycles. The van der Waals surface area contributed by atoms with Crippen molar-refractivity contribution in [3.63, 3.8) is 0 Å². The number of hydrogen-bond acceptors (Lipinski definition) is 5. The summed E-state index contributed by atoms with van der Waals surface area (Å²) in [6.07, 6.45) is 9.64. The molecule has 25 heavy (non-hydrogen) atoms. The number of carbonyl (C=O) groups excluding carboxylic acids is 1. The zero-order valence-corrected chi connectivity index (χ0v) is 14.0. The van der Waals surface area contributed by atoms with Crippen LogP contribution in [0.4, 0.5) is 5.82 Å². The van der Waals surface area contributed by atoms with Gasteiger partial charge in [0.2, 0.25) is 5.91 Å². The molecule has 1 atom stereocenters. The van der Waals surface area contributed by atoms with Crippen molar-refractivity contribution < 1.29 is 4.79 Å². The molecular formula is C19H21N5O. The molecule has 128 valence electrons. The van der Waals surface area contributed by atoms with E-state index in [1.54, 1.807) is 11.2 Å². The second kappa shape index (κ2) is 7.01. The molecule has 0 bridgehead atoms. The minimum Gasteiger partial charge on any atom is -0.357 e. The Morgan fingerprint density at radius 3 is 2.68 bits per heavy atom. The molecule has 1 fully saturated rings. The molecule has 0 spiro atoms. The normalized spacial score (nSPS) is 20.9. The molecule has 4 rings (SSSR count). The molecule has 6 heteroatoms. The Morgan fingerprint density at radius 2 is 1.96 bits per heavy atom. The van der Waals surface area contributed by atoms with Crippen molar-refractivity contribution in [2.24, 2.45) is 11.0 Å². The van der Waals surface area contributed by atoms with E-state index in [1.807, 2.05) is 48.9 Å². The van der Waals surface area contributed by atoms with E-state index in [-0.39, 0.29) is 17.9 Å². The molecule has 1 saturated heterocycles. The highest BCUT2D eigenvalue weighted by Crippen LogP contribution is 2.31. The van der Waals surface area contributed by atoms with Crippen LogP contribution in [0.25, 0.3) is 0 Å². The first kappa shape index (κ1) is 15.7. The van der Waals surface area contributed by atoms with Gasteiger partial charge in [0.15, 0.2) is 0 Å². The lowest BCUT2D eigenvalue weighted by molar-refractivity contribution is -0.138. The first-order valence-electron chi connectivity index (χ1n) is 8.74. The smallest absolute Gasteiger partial charge is 0.246 e. The van der Waals surface area contributed by atoms with Crippen LogP contribution in [-0.2, 0) is 4.79 Å². The molecule has 0 radical (unpaired) electrons. The summed E-state index contributed by atoms with van der Waals surface area (Å²) in [6, 6.07) is 9.83. The lowest BCUT2D eigenvalue weighted by atomic mass is 9.94. The van der Waals surface area contributed by atoms with Gasteiger partial charge in [-0.3, -0.25) is 9.78 Å². The summed E-state index contributed by atoms with van der Waals surface area (Å²) in [7, 11) is 0. The van der Waals surface area contributed by atoms with E-state index in [9.17, 15) is 4.79 Å². The van der Waals surface area contributed by atoms with E-state index >= 15 is 0 Å². The van der Waals surface area contributed by atoms with Crippen LogP contribution in [0.5, 0.6) is 0 Å². The Hall–Kier alpha value is -2.76. The van der Waals surface area contributed by atoms with Crippen molar-refractivity contribution in [3.8, 4) is 0 Å². The van der Waals surface area contributed by atoms with Crippen LogP contribution in [0.3, 0.4) is 0 Å². The summed E-state index contributed by atoms with van der Waals surface area (Å²) in [5.74, 6) is 1.14. The number of hydrogen-bond donors (Lipinski definition) is 0. The first-order valence-corrected chi connectivity index (χ1v) is 8.74. The fourth-order valence-corrected chi connectivity index (χ4v) is 3.56. The molecule has 2 aliphatic heterocycles. The molecular weight excluding hydrogens is 314 g/mol. The third-order valence-electron chi connectivity index (χ3n) is 4.94. The van der Waals surface area contributed by atoms with Crippen LogP contribution < -0.4 is 4.90 Å². The molecule has 0 N–H and O–H groups in total. The number of pyridine rings is 2. The van der Waals surface area contributed by atoms with Crippen LogP contribution in [-0.4, -0.2) is 40.2 Å². The zero-order chi connectivity index (χ0) is 17.1. The van der Waals surface area contributed by atoms with Gasteiger partial charge in [-0.2, -0.15) is 5.10 Å². The topological polar surface area (TPSA) is 61.7 Å². The third-order valence-corrected chi connectivity index (χ3v) is 4.94. The van der Waals surface area contributed by atoms with Crippen molar-refractivity contribution in [2.75, 3.05) is 18.0 Å². The minimum absolute atomic E-state index is 0.0185. The molecule has 0 unspecified atom stereocenters. The monoisotopic (exact) mass is 335 g/mol. The van der Waals surface area contributed by atoms with Gasteiger partial charge in [-0.25, -0.2) is 9.99 Å². The van der Waals surface area contributed by atoms with Gasteiger partial charge >= 0.3 is 0 Å². The predicted molar refractivity (Wildman–Crippen MR) is 96.1 cm³/mol. The van der Waals surface area contributed by atoms with Crippen molar-refractivity contribution in [1.82, 2.24) is 15.0 Å². The first-order chi connectivity index (χ1) is 12.3. The number of aromatic nitrogens is 2. The second-order valence-electron chi connectivity index (χ2n) is 6.47. The average molecular weight is 335 g/mol. The lowest BCUT2D eigenvalue weighted by Gasteiger charge is -2.34. The van der Waals surface area contributed by atoms with Gasteiger partial charge in [-0.05, 0) is 36.6 Å². The highest BCUT2D eigenvalue weighted by atomic mass is 16.2. The Bertz CT molecular complexity index is 741. The molecule has 6 nitrogen and oxygen atoms in total. The van der Waals surface area contributed by atoms with Crippen molar-refractivity contribution in [3.05, 3.63) is 54.5 Å². The van der Waals surface area contributed by atoms with Crippen LogP contribution >= 0.6 is 0 Å². The van der Waals surface area contributed by atoms with Crippen molar-refractivity contribution >= 4 is 17.9 Å². The van der Waals surface area contributed by atoms with E-state index in [4.69, 9.17) is 0 Å². The van der Waals surface area contributed by atoms with E-state index < -0.39 is 0 Å². The van der Waals surface area contributed by atoms with Gasteiger partial charge in [0.1, 0.15) is 5.82 Å². The summed E-state index contributed by atoms with van der Waals surface area (Å²) in [5.41, 5.74) is 1.04. The maximum absolute atomic E-state index is 13.0. The summed E-state index contributed by atoms with van der Waals surface area (Å²) in [6.45, 7) is 1.70. The molecule has 0 aromatic carbocycles. The number of hydrazone groups is 1. The van der Waals surface area contributed by atoms with Gasteiger partial charge in [-0.1, -0.05) is 12.1 Å². The van der Waals surface area contributed by atoms with Gasteiger partial charge in [0.25, 0.3) is 0 Å². The van der Waals surface area contributed by atoms with E-state index in [2.05, 4.69) is 20.0 Å². The fourth-order valence-electron chi connectivity index (χ4n) is 3.56. The quantitative estimate of drug-likeness (QED) is 0.865. The minimum atomic E-state index is -0.0185. The summed E-state index contributed by atoms with van der Waals surface area (Å²) in [5, 5.41) is 6.02. The standard InChI is InChI=1S/C19H21N5O/c25-19(24-17(6-11-22-24)16-4-3-9-20-14-16)15-7-12-23(13-8-15)18-5-1-2-10-21-18/h1-5,9-11,14-15,17H,6-8,12-13H2/t17-/m0/s1. The van der Waals surface area contributed by atoms with E-state index in [0.29, 0.717) is 0 Å². The second-order valence-corrected chi connectivity index (χ2v) is 6.47. The zero-order valence-electron chi connectivity index (χ0n) is 14.0. The number of rotatable bonds is 3. The van der Waals surface area contributed by atoms with E-state index in [1.165, 1.54) is 0 Å². The number of piperidine rings is 1. The average Bonchev–Trinajstić information content (AvgIpc) is 3.19. The summed E-state index contributed by atoms with van der Waals surface area (Å²) >= 11 is 0. The predicted octanol–water partition coefficient (Wildman–Crippen LogP) is 2.65. The van der Waals surface area contributed by atoms with Gasteiger partial charge in [0, 0.05) is 50.2 Å².